The quantitative estimate of drug-likeness (QED) is 0.603. The molecule has 0 unspecified atom stereocenters. The van der Waals surface area contributed by atoms with Gasteiger partial charge in [0.2, 0.25) is 0 Å². The van der Waals surface area contributed by atoms with Crippen LogP contribution in [-0.2, 0) is 37.5 Å². The molecule has 0 spiro atoms. The summed E-state index contributed by atoms with van der Waals surface area (Å²) in [5, 5.41) is 8.75. The number of nitrogens with zero attached hydrogens (tertiary/aromatic N) is 1. The van der Waals surface area contributed by atoms with E-state index in [-0.39, 0.29) is 6.42 Å². The smallest absolute Gasteiger partial charge is 0.303 e. The molecule has 0 amide bonds. The number of aryl methyl sites for hydroxylation is 1. The van der Waals surface area contributed by atoms with E-state index in [9.17, 15) is 4.79 Å². The maximum Gasteiger partial charge on any atom is 0.303 e. The molecule has 0 bridgehead atoms. The molecular weight excluding hydrogens is 362 g/mol. The molecule has 0 atom stereocenters. The van der Waals surface area contributed by atoms with Crippen LogP contribution in [0.15, 0.2) is 72.8 Å². The Morgan fingerprint density at radius 1 is 0.828 bits per heavy atom. The molecule has 1 heterocycles. The molecule has 0 aliphatic carbocycles. The average molecular weight is 387 g/mol. The summed E-state index contributed by atoms with van der Waals surface area (Å²) in [6.07, 6.45) is 0.690. The second-order valence-corrected chi connectivity index (χ2v) is 7.56. The highest BCUT2D eigenvalue weighted by molar-refractivity contribution is 5.67. The number of carbonyl (C=O) groups is 1. The van der Waals surface area contributed by atoms with Gasteiger partial charge in [-0.1, -0.05) is 60.7 Å². The van der Waals surface area contributed by atoms with E-state index in [0.29, 0.717) is 13.0 Å². The third-order valence-electron chi connectivity index (χ3n) is 5.29. The van der Waals surface area contributed by atoms with E-state index >= 15 is 0 Å². The fourth-order valence-electron chi connectivity index (χ4n) is 3.68. The lowest BCUT2D eigenvalue weighted by Gasteiger charge is -2.15. The molecular formula is C25H25NO3. The van der Waals surface area contributed by atoms with Crippen molar-refractivity contribution in [1.82, 2.24) is 4.90 Å². The van der Waals surface area contributed by atoms with Gasteiger partial charge in [0.25, 0.3) is 0 Å². The van der Waals surface area contributed by atoms with E-state index in [1.165, 1.54) is 16.7 Å². The maximum atomic E-state index is 10.6. The van der Waals surface area contributed by atoms with Crippen LogP contribution in [0.3, 0.4) is 0 Å². The fraction of sp³-hybridized carbons (Fsp3) is 0.240. The first kappa shape index (κ1) is 19.2. The Labute approximate surface area is 171 Å². The van der Waals surface area contributed by atoms with E-state index in [4.69, 9.17) is 9.84 Å². The number of carboxylic acid groups (broad SMARTS) is 1. The van der Waals surface area contributed by atoms with Crippen molar-refractivity contribution in [3.63, 3.8) is 0 Å². The molecule has 0 fully saturated rings. The molecule has 0 radical (unpaired) electrons. The fourth-order valence-corrected chi connectivity index (χ4v) is 3.68. The summed E-state index contributed by atoms with van der Waals surface area (Å²) >= 11 is 0. The van der Waals surface area contributed by atoms with Gasteiger partial charge >= 0.3 is 5.97 Å². The highest BCUT2D eigenvalue weighted by Gasteiger charge is 2.17. The van der Waals surface area contributed by atoms with E-state index < -0.39 is 5.97 Å². The molecule has 3 aromatic rings. The second kappa shape index (κ2) is 8.93. The SMILES string of the molecule is O=C(O)CCc1ccc(OCc2ccc(CN3Cc4ccccc4C3)cc2)cc1. The molecule has 4 rings (SSSR count). The van der Waals surface area contributed by atoms with E-state index in [0.717, 1.165) is 36.5 Å². The Bertz CT molecular complexity index is 939. The highest BCUT2D eigenvalue weighted by atomic mass is 16.5. The summed E-state index contributed by atoms with van der Waals surface area (Å²) < 4.78 is 5.86. The summed E-state index contributed by atoms with van der Waals surface area (Å²) in [6, 6.07) is 24.9. The van der Waals surface area contributed by atoms with E-state index in [2.05, 4.69) is 53.4 Å². The van der Waals surface area contributed by atoms with Crippen LogP contribution in [-0.4, -0.2) is 16.0 Å². The largest absolute Gasteiger partial charge is 0.489 e. The first-order chi connectivity index (χ1) is 14.2. The molecule has 29 heavy (non-hydrogen) atoms. The van der Waals surface area contributed by atoms with Gasteiger partial charge in [-0.2, -0.15) is 0 Å². The van der Waals surface area contributed by atoms with Gasteiger partial charge in [-0.3, -0.25) is 9.69 Å². The predicted octanol–water partition coefficient (Wildman–Crippen LogP) is 4.80. The normalized spacial score (nSPS) is 13.2. The summed E-state index contributed by atoms with van der Waals surface area (Å²) in [4.78, 5) is 13.1. The molecule has 3 aromatic carbocycles. The van der Waals surface area contributed by atoms with Crippen molar-refractivity contribution in [3.05, 3.63) is 101 Å². The molecule has 1 aliphatic rings. The van der Waals surface area contributed by atoms with Crippen LogP contribution in [0, 0.1) is 0 Å². The summed E-state index contributed by atoms with van der Waals surface area (Å²) in [5.74, 6) is 0.0195. The lowest BCUT2D eigenvalue weighted by Crippen LogP contribution is -2.15. The van der Waals surface area contributed by atoms with E-state index in [1.807, 2.05) is 24.3 Å². The minimum absolute atomic E-state index is 0.149. The Morgan fingerprint density at radius 3 is 2.03 bits per heavy atom. The molecule has 4 heteroatoms. The first-order valence-electron chi connectivity index (χ1n) is 9.96. The molecule has 0 aromatic heterocycles. The van der Waals surface area contributed by atoms with Crippen molar-refractivity contribution in [3.8, 4) is 5.75 Å². The monoisotopic (exact) mass is 387 g/mol. The Balaban J connectivity index is 1.26. The van der Waals surface area contributed by atoms with Crippen molar-refractivity contribution >= 4 is 5.97 Å². The number of benzene rings is 3. The summed E-state index contributed by atoms with van der Waals surface area (Å²) in [6.45, 7) is 3.50. The zero-order chi connectivity index (χ0) is 20.1. The highest BCUT2D eigenvalue weighted by Crippen LogP contribution is 2.24. The van der Waals surface area contributed by atoms with Crippen LogP contribution in [0.1, 0.15) is 34.2 Å². The van der Waals surface area contributed by atoms with Crippen LogP contribution < -0.4 is 4.74 Å². The zero-order valence-corrected chi connectivity index (χ0v) is 16.4. The van der Waals surface area contributed by atoms with Gasteiger partial charge in [-0.25, -0.2) is 0 Å². The van der Waals surface area contributed by atoms with Crippen LogP contribution in [0.5, 0.6) is 5.75 Å². The minimum Gasteiger partial charge on any atom is -0.489 e. The van der Waals surface area contributed by atoms with Gasteiger partial charge in [0, 0.05) is 26.1 Å². The lowest BCUT2D eigenvalue weighted by atomic mass is 10.1. The van der Waals surface area contributed by atoms with Crippen LogP contribution >= 0.6 is 0 Å². The zero-order valence-electron chi connectivity index (χ0n) is 16.4. The average Bonchev–Trinajstić information content (AvgIpc) is 3.15. The van der Waals surface area contributed by atoms with Gasteiger partial charge in [0.15, 0.2) is 0 Å². The van der Waals surface area contributed by atoms with Crippen LogP contribution in [0.25, 0.3) is 0 Å². The van der Waals surface area contributed by atoms with Gasteiger partial charge < -0.3 is 9.84 Å². The van der Waals surface area contributed by atoms with Gasteiger partial charge in [-0.15, -0.1) is 0 Å². The number of aliphatic carboxylic acids is 1. The Morgan fingerprint density at radius 2 is 1.41 bits per heavy atom. The molecule has 148 valence electrons. The maximum absolute atomic E-state index is 10.6. The van der Waals surface area contributed by atoms with Crippen LogP contribution in [0.4, 0.5) is 0 Å². The van der Waals surface area contributed by atoms with Crippen molar-refractivity contribution in [1.29, 1.82) is 0 Å². The first-order valence-corrected chi connectivity index (χ1v) is 9.96. The number of rotatable bonds is 8. The number of hydrogen-bond acceptors (Lipinski definition) is 3. The topological polar surface area (TPSA) is 49.8 Å². The van der Waals surface area contributed by atoms with Crippen molar-refractivity contribution in [2.75, 3.05) is 0 Å². The predicted molar refractivity (Wildman–Crippen MR) is 113 cm³/mol. The molecule has 4 nitrogen and oxygen atoms in total. The summed E-state index contributed by atoms with van der Waals surface area (Å²) in [5.41, 5.74) is 6.32. The van der Waals surface area contributed by atoms with Gasteiger partial charge in [-0.05, 0) is 46.4 Å². The number of fused-ring (bicyclic) bond motifs is 1. The van der Waals surface area contributed by atoms with Crippen molar-refractivity contribution in [2.24, 2.45) is 0 Å². The van der Waals surface area contributed by atoms with Gasteiger partial charge in [0.1, 0.15) is 12.4 Å². The van der Waals surface area contributed by atoms with Crippen LogP contribution in [0.2, 0.25) is 0 Å². The Hall–Kier alpha value is -3.11. The van der Waals surface area contributed by atoms with Crippen molar-refractivity contribution < 1.29 is 14.6 Å². The van der Waals surface area contributed by atoms with E-state index in [1.54, 1.807) is 0 Å². The molecule has 0 saturated heterocycles. The molecule has 1 aliphatic heterocycles. The Kier molecular flexibility index (Phi) is 5.92. The summed E-state index contributed by atoms with van der Waals surface area (Å²) in [7, 11) is 0. The van der Waals surface area contributed by atoms with Crippen molar-refractivity contribution in [2.45, 2.75) is 39.1 Å². The number of hydrogen-bond donors (Lipinski definition) is 1. The number of carboxylic acids is 1. The lowest BCUT2D eigenvalue weighted by molar-refractivity contribution is -0.136. The second-order valence-electron chi connectivity index (χ2n) is 7.56. The molecule has 0 saturated carbocycles. The third kappa shape index (κ3) is 5.24. The standard InChI is InChI=1S/C25H25NO3/c27-25(28)14-11-19-9-12-24(13-10-19)29-18-21-7-5-20(6-8-21)15-26-16-22-3-1-2-4-23(22)17-26/h1-10,12-13H,11,14-18H2,(H,27,28). The third-order valence-corrected chi connectivity index (χ3v) is 5.29. The minimum atomic E-state index is -0.775. The molecule has 1 N–H and O–H groups in total. The van der Waals surface area contributed by atoms with Gasteiger partial charge in [0.05, 0.1) is 0 Å². The number of ether oxygens (including phenoxy) is 1.